The first kappa shape index (κ1) is 17.8. The molecule has 0 aliphatic carbocycles. The Morgan fingerprint density at radius 2 is 1.88 bits per heavy atom. The van der Waals surface area contributed by atoms with Gasteiger partial charge in [0.15, 0.2) is 11.5 Å². The van der Waals surface area contributed by atoms with Gasteiger partial charge in [0.1, 0.15) is 5.82 Å². The number of nitrogens with one attached hydrogen (secondary N) is 1. The van der Waals surface area contributed by atoms with Gasteiger partial charge >= 0.3 is 0 Å². The van der Waals surface area contributed by atoms with Crippen LogP contribution in [0.5, 0.6) is 11.5 Å². The van der Waals surface area contributed by atoms with Crippen molar-refractivity contribution in [2.45, 2.75) is 25.9 Å². The minimum atomic E-state index is -0.230. The number of rotatable bonds is 9. The number of nitriles is 1. The van der Waals surface area contributed by atoms with Crippen molar-refractivity contribution in [1.82, 2.24) is 5.32 Å². The summed E-state index contributed by atoms with van der Waals surface area (Å²) in [5.41, 5.74) is 1.94. The molecular weight excluding hydrogens is 307 g/mol. The molecule has 126 valence electrons. The molecule has 0 saturated carbocycles. The standard InChI is InChI=1S/C19H21FN2O2/c1-23-18-8-7-16(12-19(18)24-10-3-2-9-21)14-22-13-15-5-4-6-17(20)11-15/h4-8,11-12,22H,2-3,10,13-14H2,1H3. The first-order valence-corrected chi connectivity index (χ1v) is 7.84. The Balaban J connectivity index is 1.91. The molecule has 0 spiro atoms. The van der Waals surface area contributed by atoms with Crippen molar-refractivity contribution in [2.75, 3.05) is 13.7 Å². The van der Waals surface area contributed by atoms with E-state index in [0.29, 0.717) is 44.0 Å². The normalized spacial score (nSPS) is 10.2. The number of halogens is 1. The molecule has 0 amide bonds. The third-order valence-electron chi connectivity index (χ3n) is 3.47. The van der Waals surface area contributed by atoms with Crippen LogP contribution in [-0.4, -0.2) is 13.7 Å². The minimum Gasteiger partial charge on any atom is -0.493 e. The molecule has 0 atom stereocenters. The number of ether oxygens (including phenoxy) is 2. The van der Waals surface area contributed by atoms with Crippen molar-refractivity contribution >= 4 is 0 Å². The van der Waals surface area contributed by atoms with Gasteiger partial charge in [0, 0.05) is 19.5 Å². The number of hydrogen-bond donors (Lipinski definition) is 1. The van der Waals surface area contributed by atoms with Crippen LogP contribution in [-0.2, 0) is 13.1 Å². The van der Waals surface area contributed by atoms with Crippen LogP contribution in [0.1, 0.15) is 24.0 Å². The predicted octanol–water partition coefficient (Wildman–Crippen LogP) is 3.81. The van der Waals surface area contributed by atoms with E-state index >= 15 is 0 Å². The molecule has 2 aromatic carbocycles. The molecule has 0 saturated heterocycles. The fraction of sp³-hybridized carbons (Fsp3) is 0.316. The molecule has 2 aromatic rings. The maximum atomic E-state index is 13.1. The zero-order valence-corrected chi connectivity index (χ0v) is 13.7. The number of methoxy groups -OCH3 is 1. The van der Waals surface area contributed by atoms with Gasteiger partial charge in [-0.05, 0) is 41.8 Å². The van der Waals surface area contributed by atoms with Gasteiger partial charge in [0.05, 0.1) is 19.8 Å². The van der Waals surface area contributed by atoms with Crippen LogP contribution in [0.4, 0.5) is 4.39 Å². The first-order chi connectivity index (χ1) is 11.7. The molecule has 0 aromatic heterocycles. The second-order valence-corrected chi connectivity index (χ2v) is 5.33. The second kappa shape index (κ2) is 9.53. The molecule has 2 rings (SSSR count). The Kier molecular flexibility index (Phi) is 7.06. The zero-order valence-electron chi connectivity index (χ0n) is 13.7. The van der Waals surface area contributed by atoms with Crippen molar-refractivity contribution in [3.63, 3.8) is 0 Å². The smallest absolute Gasteiger partial charge is 0.161 e. The number of nitrogens with zero attached hydrogens (tertiary/aromatic N) is 1. The van der Waals surface area contributed by atoms with Gasteiger partial charge in [-0.2, -0.15) is 5.26 Å². The van der Waals surface area contributed by atoms with Gasteiger partial charge < -0.3 is 14.8 Å². The third-order valence-corrected chi connectivity index (χ3v) is 3.47. The summed E-state index contributed by atoms with van der Waals surface area (Å²) in [6.07, 6.45) is 1.15. The van der Waals surface area contributed by atoms with Gasteiger partial charge in [0.25, 0.3) is 0 Å². The Morgan fingerprint density at radius 1 is 1.08 bits per heavy atom. The van der Waals surface area contributed by atoms with E-state index in [2.05, 4.69) is 11.4 Å². The minimum absolute atomic E-state index is 0.230. The molecule has 0 bridgehead atoms. The maximum absolute atomic E-state index is 13.1. The third kappa shape index (κ3) is 5.56. The Bertz CT molecular complexity index is 698. The Morgan fingerprint density at radius 3 is 2.58 bits per heavy atom. The first-order valence-electron chi connectivity index (χ1n) is 7.84. The monoisotopic (exact) mass is 328 g/mol. The molecule has 0 unspecified atom stereocenters. The van der Waals surface area contributed by atoms with E-state index in [1.165, 1.54) is 12.1 Å². The van der Waals surface area contributed by atoms with Crippen molar-refractivity contribution in [3.8, 4) is 17.6 Å². The summed E-state index contributed by atoms with van der Waals surface area (Å²) in [6.45, 7) is 1.70. The van der Waals surface area contributed by atoms with E-state index in [4.69, 9.17) is 14.7 Å². The summed E-state index contributed by atoms with van der Waals surface area (Å²) in [7, 11) is 1.60. The summed E-state index contributed by atoms with van der Waals surface area (Å²) < 4.78 is 24.1. The van der Waals surface area contributed by atoms with Crippen molar-refractivity contribution < 1.29 is 13.9 Å². The van der Waals surface area contributed by atoms with Crippen LogP contribution in [0.2, 0.25) is 0 Å². The van der Waals surface area contributed by atoms with Crippen molar-refractivity contribution in [3.05, 3.63) is 59.4 Å². The SMILES string of the molecule is COc1ccc(CNCc2cccc(F)c2)cc1OCCCC#N. The van der Waals surface area contributed by atoms with E-state index < -0.39 is 0 Å². The lowest BCUT2D eigenvalue weighted by molar-refractivity contribution is 0.290. The summed E-state index contributed by atoms with van der Waals surface area (Å²) >= 11 is 0. The Labute approximate surface area is 141 Å². The molecule has 1 N–H and O–H groups in total. The van der Waals surface area contributed by atoms with Gasteiger partial charge in [0.2, 0.25) is 0 Å². The highest BCUT2D eigenvalue weighted by Gasteiger charge is 2.06. The van der Waals surface area contributed by atoms with Crippen molar-refractivity contribution in [1.29, 1.82) is 5.26 Å². The highest BCUT2D eigenvalue weighted by Crippen LogP contribution is 2.28. The van der Waals surface area contributed by atoms with Crippen LogP contribution in [0.15, 0.2) is 42.5 Å². The zero-order chi connectivity index (χ0) is 17.2. The van der Waals surface area contributed by atoms with Gasteiger partial charge in [-0.1, -0.05) is 18.2 Å². The van der Waals surface area contributed by atoms with Crippen LogP contribution in [0, 0.1) is 17.1 Å². The maximum Gasteiger partial charge on any atom is 0.161 e. The van der Waals surface area contributed by atoms with E-state index in [9.17, 15) is 4.39 Å². The fourth-order valence-electron chi connectivity index (χ4n) is 2.28. The predicted molar refractivity (Wildman–Crippen MR) is 90.3 cm³/mol. The average Bonchev–Trinajstić information content (AvgIpc) is 2.59. The molecule has 5 heteroatoms. The molecule has 0 radical (unpaired) electrons. The van der Waals surface area contributed by atoms with Crippen LogP contribution in [0.3, 0.4) is 0 Å². The molecular formula is C19H21FN2O2. The molecule has 0 fully saturated rings. The fourth-order valence-corrected chi connectivity index (χ4v) is 2.28. The second-order valence-electron chi connectivity index (χ2n) is 5.33. The summed E-state index contributed by atoms with van der Waals surface area (Å²) in [6, 6.07) is 14.4. The topological polar surface area (TPSA) is 54.3 Å². The number of hydrogen-bond acceptors (Lipinski definition) is 4. The van der Waals surface area contributed by atoms with E-state index in [1.54, 1.807) is 13.2 Å². The Hall–Kier alpha value is -2.58. The number of unbranched alkanes of at least 4 members (excludes halogenated alkanes) is 1. The number of benzene rings is 2. The molecule has 24 heavy (non-hydrogen) atoms. The van der Waals surface area contributed by atoms with Crippen LogP contribution < -0.4 is 14.8 Å². The van der Waals surface area contributed by atoms with Crippen LogP contribution in [0.25, 0.3) is 0 Å². The molecule has 4 nitrogen and oxygen atoms in total. The summed E-state index contributed by atoms with van der Waals surface area (Å²) in [4.78, 5) is 0. The highest BCUT2D eigenvalue weighted by molar-refractivity contribution is 5.43. The largest absolute Gasteiger partial charge is 0.493 e. The van der Waals surface area contributed by atoms with E-state index in [-0.39, 0.29) is 5.82 Å². The summed E-state index contributed by atoms with van der Waals surface area (Å²) in [5.74, 6) is 1.10. The van der Waals surface area contributed by atoms with E-state index in [1.807, 2.05) is 24.3 Å². The lowest BCUT2D eigenvalue weighted by Gasteiger charge is -2.12. The molecule has 0 aliphatic heterocycles. The highest BCUT2D eigenvalue weighted by atomic mass is 19.1. The lowest BCUT2D eigenvalue weighted by atomic mass is 10.2. The average molecular weight is 328 g/mol. The lowest BCUT2D eigenvalue weighted by Crippen LogP contribution is -2.13. The van der Waals surface area contributed by atoms with Crippen LogP contribution >= 0.6 is 0 Å². The van der Waals surface area contributed by atoms with Gasteiger partial charge in [-0.15, -0.1) is 0 Å². The quantitative estimate of drug-likeness (QED) is 0.711. The molecule has 0 heterocycles. The van der Waals surface area contributed by atoms with E-state index in [0.717, 1.165) is 11.1 Å². The van der Waals surface area contributed by atoms with Gasteiger partial charge in [-0.3, -0.25) is 0 Å². The van der Waals surface area contributed by atoms with Crippen molar-refractivity contribution in [2.24, 2.45) is 0 Å². The summed E-state index contributed by atoms with van der Waals surface area (Å²) in [5, 5.41) is 11.8. The van der Waals surface area contributed by atoms with Gasteiger partial charge in [-0.25, -0.2) is 4.39 Å². The molecule has 0 aliphatic rings.